The molecule has 0 radical (unpaired) electrons. The molecule has 29 heavy (non-hydrogen) atoms. The molecule has 1 fully saturated rings. The molecule has 4 rings (SSSR count). The zero-order valence-corrected chi connectivity index (χ0v) is 16.1. The van der Waals surface area contributed by atoms with E-state index in [0.717, 1.165) is 33.3 Å². The minimum Gasteiger partial charge on any atom is -0.462 e. The second-order valence-corrected chi connectivity index (χ2v) is 7.38. The second-order valence-electron chi connectivity index (χ2n) is 7.38. The molecule has 2 heterocycles. The summed E-state index contributed by atoms with van der Waals surface area (Å²) in [5.41, 5.74) is 4.74. The van der Waals surface area contributed by atoms with Crippen molar-refractivity contribution in [3.63, 3.8) is 0 Å². The molecule has 0 unspecified atom stereocenters. The number of aromatic amines is 1. The molecule has 154 valence electrons. The topological polar surface area (TPSA) is 128 Å². The Kier molecular flexibility index (Phi) is 5.28. The van der Waals surface area contributed by atoms with Crippen LogP contribution in [0.2, 0.25) is 0 Å². The number of aliphatic hydroxyl groups excluding tert-OH is 4. The van der Waals surface area contributed by atoms with E-state index in [1.165, 1.54) is 0 Å². The predicted molar refractivity (Wildman–Crippen MR) is 105 cm³/mol. The summed E-state index contributed by atoms with van der Waals surface area (Å²) in [7, 11) is 0. The highest BCUT2D eigenvalue weighted by Gasteiger charge is 2.44. The van der Waals surface area contributed by atoms with Gasteiger partial charge in [0, 0.05) is 11.1 Å². The number of benzene rings is 2. The SMILES string of the molecule is Cc1cc(-c2ccc3n[nH]c(C)c3c2)ccc1O[C@H]1O[C@H](CO)[C@@H](O)[C@H](O)[C@@H]1O. The Morgan fingerprint density at radius 1 is 1.00 bits per heavy atom. The molecule has 5 atom stereocenters. The third-order valence-electron chi connectivity index (χ3n) is 5.34. The fraction of sp³-hybridized carbons (Fsp3) is 0.381. The van der Waals surface area contributed by atoms with Crippen molar-refractivity contribution in [2.24, 2.45) is 0 Å². The molecule has 1 aliphatic heterocycles. The molecule has 0 bridgehead atoms. The van der Waals surface area contributed by atoms with Gasteiger partial charge in [0.1, 0.15) is 30.2 Å². The third kappa shape index (κ3) is 3.61. The molecule has 8 heteroatoms. The second kappa shape index (κ2) is 7.74. The summed E-state index contributed by atoms with van der Waals surface area (Å²) in [6.45, 7) is 3.34. The molecule has 2 aromatic carbocycles. The third-order valence-corrected chi connectivity index (χ3v) is 5.34. The van der Waals surface area contributed by atoms with Crippen LogP contribution < -0.4 is 4.74 Å². The molecule has 5 N–H and O–H groups in total. The van der Waals surface area contributed by atoms with Crippen LogP contribution in [0, 0.1) is 13.8 Å². The van der Waals surface area contributed by atoms with Gasteiger partial charge >= 0.3 is 0 Å². The van der Waals surface area contributed by atoms with Crippen LogP contribution in [0.15, 0.2) is 36.4 Å². The maximum absolute atomic E-state index is 10.2. The van der Waals surface area contributed by atoms with Crippen molar-refractivity contribution in [1.29, 1.82) is 0 Å². The number of aromatic nitrogens is 2. The molecule has 3 aromatic rings. The van der Waals surface area contributed by atoms with E-state index in [1.807, 2.05) is 38.1 Å². The van der Waals surface area contributed by atoms with Gasteiger partial charge in [-0.25, -0.2) is 0 Å². The highest BCUT2D eigenvalue weighted by Crippen LogP contribution is 2.31. The van der Waals surface area contributed by atoms with Gasteiger partial charge in [0.25, 0.3) is 0 Å². The van der Waals surface area contributed by atoms with Crippen LogP contribution in [-0.4, -0.2) is 67.9 Å². The highest BCUT2D eigenvalue weighted by atomic mass is 16.7. The van der Waals surface area contributed by atoms with Crippen LogP contribution in [0.4, 0.5) is 0 Å². The van der Waals surface area contributed by atoms with Crippen LogP contribution in [0.3, 0.4) is 0 Å². The standard InChI is InChI=1S/C21H24N2O6/c1-10-7-12(13-3-5-15-14(8-13)11(2)22-23-15)4-6-16(10)28-21-20(27)19(26)18(25)17(9-24)29-21/h3-8,17-21,24-27H,9H2,1-2H3,(H,22,23)/t17-,18-,19+,20+,21+/m1/s1. The predicted octanol–water partition coefficient (Wildman–Crippen LogP) is 1.03. The molecule has 0 spiro atoms. The van der Waals surface area contributed by atoms with E-state index in [0.29, 0.717) is 5.75 Å². The highest BCUT2D eigenvalue weighted by molar-refractivity contribution is 5.86. The zero-order valence-electron chi connectivity index (χ0n) is 16.1. The van der Waals surface area contributed by atoms with Crippen molar-refractivity contribution in [2.45, 2.75) is 44.6 Å². The lowest BCUT2D eigenvalue weighted by atomic mass is 9.99. The summed E-state index contributed by atoms with van der Waals surface area (Å²) in [5, 5.41) is 47.5. The average molecular weight is 400 g/mol. The zero-order chi connectivity index (χ0) is 20.7. The molecule has 0 saturated carbocycles. The number of rotatable bonds is 4. The maximum atomic E-state index is 10.2. The number of nitrogens with zero attached hydrogens (tertiary/aromatic N) is 1. The van der Waals surface area contributed by atoms with Crippen LogP contribution >= 0.6 is 0 Å². The molecule has 1 aromatic heterocycles. The Labute approximate surface area is 167 Å². The monoisotopic (exact) mass is 400 g/mol. The maximum Gasteiger partial charge on any atom is 0.229 e. The number of hydrogen-bond donors (Lipinski definition) is 5. The lowest BCUT2D eigenvalue weighted by Gasteiger charge is -2.39. The lowest BCUT2D eigenvalue weighted by molar-refractivity contribution is -0.277. The minimum atomic E-state index is -1.48. The number of hydrogen-bond acceptors (Lipinski definition) is 7. The van der Waals surface area contributed by atoms with Crippen molar-refractivity contribution in [3.8, 4) is 16.9 Å². The van der Waals surface area contributed by atoms with Gasteiger partial charge in [0.2, 0.25) is 6.29 Å². The van der Waals surface area contributed by atoms with Gasteiger partial charge in [0.05, 0.1) is 12.1 Å². The summed E-state index contributed by atoms with van der Waals surface area (Å²) in [4.78, 5) is 0. The van der Waals surface area contributed by atoms with E-state index >= 15 is 0 Å². The number of H-pyrrole nitrogens is 1. The van der Waals surface area contributed by atoms with Gasteiger partial charge < -0.3 is 29.9 Å². The van der Waals surface area contributed by atoms with Gasteiger partial charge in [-0.15, -0.1) is 0 Å². The van der Waals surface area contributed by atoms with E-state index in [1.54, 1.807) is 6.07 Å². The smallest absolute Gasteiger partial charge is 0.229 e. The average Bonchev–Trinajstić information content (AvgIpc) is 3.10. The Balaban J connectivity index is 1.57. The number of nitrogens with one attached hydrogen (secondary N) is 1. The Bertz CT molecular complexity index is 1020. The van der Waals surface area contributed by atoms with Crippen molar-refractivity contribution in [1.82, 2.24) is 10.2 Å². The molecule has 1 aliphatic rings. The first kappa shape index (κ1) is 19.8. The van der Waals surface area contributed by atoms with Crippen LogP contribution in [0.1, 0.15) is 11.3 Å². The summed E-state index contributed by atoms with van der Waals surface area (Å²) >= 11 is 0. The Morgan fingerprint density at radius 2 is 1.72 bits per heavy atom. The lowest BCUT2D eigenvalue weighted by Crippen LogP contribution is -2.60. The first-order valence-electron chi connectivity index (χ1n) is 9.42. The molecular weight excluding hydrogens is 376 g/mol. The fourth-order valence-electron chi connectivity index (χ4n) is 3.57. The molecule has 1 saturated heterocycles. The number of aryl methyl sites for hydroxylation is 2. The van der Waals surface area contributed by atoms with E-state index in [9.17, 15) is 20.4 Å². The Hall–Kier alpha value is -2.49. The molecule has 8 nitrogen and oxygen atoms in total. The first-order chi connectivity index (χ1) is 13.9. The summed E-state index contributed by atoms with van der Waals surface area (Å²) in [6.07, 6.45) is -6.56. The van der Waals surface area contributed by atoms with E-state index < -0.39 is 37.3 Å². The molecule has 0 amide bonds. The van der Waals surface area contributed by atoms with Gasteiger partial charge in [-0.3, -0.25) is 5.10 Å². The van der Waals surface area contributed by atoms with E-state index in [2.05, 4.69) is 16.3 Å². The Morgan fingerprint density at radius 3 is 2.45 bits per heavy atom. The normalized spacial score (nSPS) is 27.3. The van der Waals surface area contributed by atoms with Crippen molar-refractivity contribution in [2.75, 3.05) is 6.61 Å². The van der Waals surface area contributed by atoms with Crippen molar-refractivity contribution in [3.05, 3.63) is 47.7 Å². The number of fused-ring (bicyclic) bond motifs is 1. The number of ether oxygens (including phenoxy) is 2. The molecule has 0 aliphatic carbocycles. The van der Waals surface area contributed by atoms with Gasteiger partial charge in [-0.05, 0) is 54.8 Å². The van der Waals surface area contributed by atoms with E-state index in [4.69, 9.17) is 9.47 Å². The minimum absolute atomic E-state index is 0.471. The largest absolute Gasteiger partial charge is 0.462 e. The van der Waals surface area contributed by atoms with Crippen molar-refractivity contribution >= 4 is 10.9 Å². The summed E-state index contributed by atoms with van der Waals surface area (Å²) in [6, 6.07) is 11.6. The summed E-state index contributed by atoms with van der Waals surface area (Å²) < 4.78 is 11.2. The van der Waals surface area contributed by atoms with Gasteiger partial charge in [-0.1, -0.05) is 12.1 Å². The van der Waals surface area contributed by atoms with Gasteiger partial charge in [-0.2, -0.15) is 5.10 Å². The van der Waals surface area contributed by atoms with E-state index in [-0.39, 0.29) is 0 Å². The quantitative estimate of drug-likeness (QED) is 0.442. The van der Waals surface area contributed by atoms with Crippen LogP contribution in [0.5, 0.6) is 5.75 Å². The van der Waals surface area contributed by atoms with Crippen LogP contribution in [0.25, 0.3) is 22.0 Å². The molecular formula is C21H24N2O6. The van der Waals surface area contributed by atoms with Crippen LogP contribution in [-0.2, 0) is 4.74 Å². The number of aliphatic hydroxyl groups is 4. The summed E-state index contributed by atoms with van der Waals surface area (Å²) in [5.74, 6) is 0.471. The first-order valence-corrected chi connectivity index (χ1v) is 9.42. The fourth-order valence-corrected chi connectivity index (χ4v) is 3.57. The van der Waals surface area contributed by atoms with Gasteiger partial charge in [0.15, 0.2) is 0 Å². The van der Waals surface area contributed by atoms with Crippen molar-refractivity contribution < 1.29 is 29.9 Å².